The number of carbonyl (C=O) groups excluding carboxylic acids is 1. The first-order chi connectivity index (χ1) is 9.63. The second-order valence-corrected chi connectivity index (χ2v) is 6.63. The summed E-state index contributed by atoms with van der Waals surface area (Å²) in [6.45, 7) is 8.19. The molecule has 1 N–H and O–H groups in total. The van der Waals surface area contributed by atoms with Crippen molar-refractivity contribution >= 4 is 17.7 Å². The molecule has 1 aliphatic rings. The third kappa shape index (κ3) is 3.57. The van der Waals surface area contributed by atoms with E-state index in [1.807, 2.05) is 0 Å². The summed E-state index contributed by atoms with van der Waals surface area (Å²) in [4.78, 5) is 16.7. The van der Waals surface area contributed by atoms with Crippen LogP contribution in [0.25, 0.3) is 0 Å². The molecule has 2 heterocycles. The molecule has 5 heteroatoms. The number of hydrogen-bond donors (Lipinski definition) is 1. The maximum absolute atomic E-state index is 12.1. The number of hydrogen-bond acceptors (Lipinski definition) is 3. The number of nitrogens with one attached hydrogen (secondary N) is 1. The van der Waals surface area contributed by atoms with E-state index in [0.29, 0.717) is 0 Å². The molecule has 1 aliphatic heterocycles. The highest BCUT2D eigenvalue weighted by molar-refractivity contribution is 8.00. The van der Waals surface area contributed by atoms with Crippen LogP contribution in [0.5, 0.6) is 0 Å². The summed E-state index contributed by atoms with van der Waals surface area (Å²) >= 11 is 1.64. The predicted octanol–water partition coefficient (Wildman–Crippen LogP) is 3.06. The second kappa shape index (κ2) is 7.16. The molecule has 0 saturated carbocycles. The number of amides is 1. The average Bonchev–Trinajstić information content (AvgIpc) is 2.58. The molecule has 112 valence electrons. The van der Waals surface area contributed by atoms with Crippen molar-refractivity contribution in [2.45, 2.75) is 69.8 Å². The first-order valence-corrected chi connectivity index (χ1v) is 8.49. The highest BCUT2D eigenvalue weighted by Crippen LogP contribution is 2.29. The van der Waals surface area contributed by atoms with Crippen molar-refractivity contribution in [3.8, 4) is 0 Å². The number of thioether (sulfide) groups is 1. The van der Waals surface area contributed by atoms with E-state index in [0.717, 1.165) is 49.6 Å². The van der Waals surface area contributed by atoms with E-state index in [9.17, 15) is 4.79 Å². The van der Waals surface area contributed by atoms with Crippen LogP contribution in [0.1, 0.15) is 50.4 Å². The van der Waals surface area contributed by atoms with E-state index in [1.54, 1.807) is 11.8 Å². The summed E-state index contributed by atoms with van der Waals surface area (Å²) in [5.74, 6) is 0.174. The Balaban J connectivity index is 2.14. The number of rotatable bonds is 5. The van der Waals surface area contributed by atoms with Gasteiger partial charge in [0.25, 0.3) is 0 Å². The molecule has 0 aromatic carbocycles. The summed E-state index contributed by atoms with van der Waals surface area (Å²) in [7, 11) is 0. The van der Waals surface area contributed by atoms with Crippen molar-refractivity contribution in [3.05, 3.63) is 11.4 Å². The molecular weight excluding hydrogens is 270 g/mol. The fraction of sp³-hybridized carbons (Fsp3) is 0.733. The normalized spacial score (nSPS) is 19.8. The summed E-state index contributed by atoms with van der Waals surface area (Å²) in [5, 5.41) is 4.02. The Morgan fingerprint density at radius 3 is 2.95 bits per heavy atom. The molecule has 1 atom stereocenters. The summed E-state index contributed by atoms with van der Waals surface area (Å²) in [6.07, 6.45) is 5.48. The number of carbonyl (C=O) groups is 1. The van der Waals surface area contributed by atoms with Crippen LogP contribution in [0.2, 0.25) is 0 Å². The Hall–Kier alpha value is -0.970. The van der Waals surface area contributed by atoms with Crippen LogP contribution in [0.4, 0.5) is 0 Å². The van der Waals surface area contributed by atoms with Crippen LogP contribution in [-0.2, 0) is 11.3 Å². The van der Waals surface area contributed by atoms with Crippen molar-refractivity contribution in [2.75, 3.05) is 6.54 Å². The maximum Gasteiger partial charge on any atom is 0.233 e. The Kier molecular flexibility index (Phi) is 5.52. The lowest BCUT2D eigenvalue weighted by molar-refractivity contribution is -0.120. The maximum atomic E-state index is 12.1. The van der Waals surface area contributed by atoms with E-state index < -0.39 is 0 Å². The highest BCUT2D eigenvalue weighted by Gasteiger charge is 2.24. The van der Waals surface area contributed by atoms with Gasteiger partial charge in [-0.25, -0.2) is 4.98 Å². The van der Waals surface area contributed by atoms with Gasteiger partial charge in [-0.15, -0.1) is 0 Å². The Bertz CT molecular complexity index is 470. The minimum atomic E-state index is 0.0130. The molecule has 20 heavy (non-hydrogen) atoms. The molecule has 1 aromatic rings. The molecule has 0 aliphatic carbocycles. The monoisotopic (exact) mass is 295 g/mol. The molecule has 4 nitrogen and oxygen atoms in total. The van der Waals surface area contributed by atoms with Gasteiger partial charge in [0.2, 0.25) is 5.91 Å². The van der Waals surface area contributed by atoms with Gasteiger partial charge in [0.05, 0.1) is 10.9 Å². The number of aromatic nitrogens is 2. The fourth-order valence-corrected chi connectivity index (χ4v) is 3.72. The molecule has 0 spiro atoms. The minimum Gasteiger partial charge on any atom is -0.355 e. The number of unbranched alkanes of at least 4 members (excludes halogenated alkanes) is 1. The van der Waals surface area contributed by atoms with Crippen LogP contribution >= 0.6 is 11.8 Å². The summed E-state index contributed by atoms with van der Waals surface area (Å²) in [6, 6.07) is 0. The van der Waals surface area contributed by atoms with Crippen LogP contribution in [0, 0.1) is 13.8 Å². The smallest absolute Gasteiger partial charge is 0.233 e. The summed E-state index contributed by atoms with van der Waals surface area (Å²) < 4.78 is 2.28. The van der Waals surface area contributed by atoms with Crippen LogP contribution in [0.15, 0.2) is 5.16 Å². The SMILES string of the molecule is CCCCn1c(S[C@@H]2CCCCNC2=O)nc(C)c1C. The van der Waals surface area contributed by atoms with Crippen molar-refractivity contribution < 1.29 is 4.79 Å². The second-order valence-electron chi connectivity index (χ2n) is 5.46. The Morgan fingerprint density at radius 2 is 2.20 bits per heavy atom. The third-order valence-corrected chi connectivity index (χ3v) is 5.15. The molecule has 1 saturated heterocycles. The third-order valence-electron chi connectivity index (χ3n) is 3.89. The van der Waals surface area contributed by atoms with Crippen LogP contribution in [-0.4, -0.2) is 27.3 Å². The van der Waals surface area contributed by atoms with Gasteiger partial charge in [0, 0.05) is 18.8 Å². The first-order valence-electron chi connectivity index (χ1n) is 7.61. The van der Waals surface area contributed by atoms with Crippen molar-refractivity contribution in [2.24, 2.45) is 0 Å². The largest absolute Gasteiger partial charge is 0.355 e. The molecule has 1 fully saturated rings. The molecule has 0 radical (unpaired) electrons. The lowest BCUT2D eigenvalue weighted by atomic mass is 10.2. The fourth-order valence-electron chi connectivity index (χ4n) is 2.44. The van der Waals surface area contributed by atoms with Crippen molar-refractivity contribution in [3.63, 3.8) is 0 Å². The topological polar surface area (TPSA) is 46.9 Å². The summed E-state index contributed by atoms with van der Waals surface area (Å²) in [5.41, 5.74) is 2.31. The molecule has 2 rings (SSSR count). The van der Waals surface area contributed by atoms with E-state index >= 15 is 0 Å². The number of nitrogens with zero attached hydrogens (tertiary/aromatic N) is 2. The first kappa shape index (κ1) is 15.4. The molecule has 1 amide bonds. The number of aryl methyl sites for hydroxylation is 1. The van der Waals surface area contributed by atoms with Crippen LogP contribution in [0.3, 0.4) is 0 Å². The van der Waals surface area contributed by atoms with Gasteiger partial charge in [-0.3, -0.25) is 4.79 Å². The van der Waals surface area contributed by atoms with Gasteiger partial charge in [0.1, 0.15) is 0 Å². The predicted molar refractivity (Wildman–Crippen MR) is 83.1 cm³/mol. The van der Waals surface area contributed by atoms with E-state index in [1.165, 1.54) is 12.1 Å². The van der Waals surface area contributed by atoms with Gasteiger partial charge < -0.3 is 9.88 Å². The van der Waals surface area contributed by atoms with Gasteiger partial charge in [0.15, 0.2) is 5.16 Å². The Labute approximate surface area is 125 Å². The Morgan fingerprint density at radius 1 is 1.40 bits per heavy atom. The zero-order valence-corrected chi connectivity index (χ0v) is 13.6. The average molecular weight is 295 g/mol. The van der Waals surface area contributed by atoms with E-state index in [2.05, 4.69) is 35.6 Å². The van der Waals surface area contributed by atoms with Gasteiger partial charge >= 0.3 is 0 Å². The zero-order chi connectivity index (χ0) is 14.5. The quantitative estimate of drug-likeness (QED) is 0.908. The van der Waals surface area contributed by atoms with E-state index in [-0.39, 0.29) is 11.2 Å². The van der Waals surface area contributed by atoms with E-state index in [4.69, 9.17) is 0 Å². The zero-order valence-electron chi connectivity index (χ0n) is 12.7. The standard InChI is InChI=1S/C15H25N3OS/c1-4-5-10-18-12(3)11(2)17-15(18)20-13-8-6-7-9-16-14(13)19/h13H,4-10H2,1-3H3,(H,16,19)/t13-/m1/s1. The molecule has 0 unspecified atom stereocenters. The highest BCUT2D eigenvalue weighted by atomic mass is 32.2. The van der Waals surface area contributed by atoms with Gasteiger partial charge in [-0.05, 0) is 33.1 Å². The van der Waals surface area contributed by atoms with Crippen LogP contribution < -0.4 is 5.32 Å². The molecule has 0 bridgehead atoms. The lowest BCUT2D eigenvalue weighted by Gasteiger charge is -2.14. The van der Waals surface area contributed by atoms with Crippen molar-refractivity contribution in [1.29, 1.82) is 0 Å². The van der Waals surface area contributed by atoms with Gasteiger partial charge in [-0.2, -0.15) is 0 Å². The molecular formula is C15H25N3OS. The van der Waals surface area contributed by atoms with Gasteiger partial charge in [-0.1, -0.05) is 31.5 Å². The number of imidazole rings is 1. The lowest BCUT2D eigenvalue weighted by Crippen LogP contribution is -2.30. The van der Waals surface area contributed by atoms with Crippen molar-refractivity contribution in [1.82, 2.24) is 14.9 Å². The molecule has 1 aromatic heterocycles. The minimum absolute atomic E-state index is 0.0130.